The zero-order valence-corrected chi connectivity index (χ0v) is 20.5. The third kappa shape index (κ3) is 4.70. The number of carbonyl (C=O) groups is 1. The lowest BCUT2D eigenvalue weighted by Crippen LogP contribution is -2.26. The molecule has 2 aliphatic carbocycles. The van der Waals surface area contributed by atoms with Gasteiger partial charge < -0.3 is 0 Å². The van der Waals surface area contributed by atoms with Gasteiger partial charge in [0.1, 0.15) is 5.82 Å². The molecule has 188 valence electrons. The lowest BCUT2D eigenvalue weighted by Gasteiger charge is -2.34. The Morgan fingerprint density at radius 2 is 1.61 bits per heavy atom. The molecule has 3 aromatic rings. The van der Waals surface area contributed by atoms with Gasteiger partial charge in [-0.2, -0.15) is 13.2 Å². The van der Waals surface area contributed by atoms with E-state index < -0.39 is 11.7 Å². The zero-order valence-electron chi connectivity index (χ0n) is 20.5. The molecule has 2 nitrogen and oxygen atoms in total. The van der Waals surface area contributed by atoms with Crippen molar-refractivity contribution < 1.29 is 22.4 Å². The third-order valence-electron chi connectivity index (χ3n) is 7.69. The van der Waals surface area contributed by atoms with Crippen LogP contribution in [-0.2, 0) is 19.0 Å². The predicted molar refractivity (Wildman–Crippen MR) is 132 cm³/mol. The lowest BCUT2D eigenvalue weighted by atomic mass is 9.73. The maximum absolute atomic E-state index is 14.1. The van der Waals surface area contributed by atoms with Crippen LogP contribution in [0.1, 0.15) is 90.3 Å². The Morgan fingerprint density at radius 3 is 2.22 bits per heavy atom. The molecule has 1 fully saturated rings. The van der Waals surface area contributed by atoms with E-state index in [0.717, 1.165) is 85.2 Å². The molecular formula is C30H29F4NO. The summed E-state index contributed by atoms with van der Waals surface area (Å²) in [5, 5.41) is 0. The average molecular weight is 496 g/mol. The predicted octanol–water partition coefficient (Wildman–Crippen LogP) is 8.31. The van der Waals surface area contributed by atoms with E-state index >= 15 is 0 Å². The molecule has 2 aromatic carbocycles. The van der Waals surface area contributed by atoms with E-state index in [1.165, 1.54) is 24.3 Å². The zero-order chi connectivity index (χ0) is 25.7. The molecule has 0 unspecified atom stereocenters. The van der Waals surface area contributed by atoms with E-state index in [4.69, 9.17) is 4.98 Å². The summed E-state index contributed by atoms with van der Waals surface area (Å²) in [7, 11) is 0. The number of ketones is 1. The van der Waals surface area contributed by atoms with Crippen LogP contribution in [0.5, 0.6) is 0 Å². The van der Waals surface area contributed by atoms with Crippen molar-refractivity contribution in [1.82, 2.24) is 4.98 Å². The van der Waals surface area contributed by atoms with Gasteiger partial charge in [0.25, 0.3) is 0 Å². The Balaban J connectivity index is 1.75. The summed E-state index contributed by atoms with van der Waals surface area (Å²) < 4.78 is 53.3. The van der Waals surface area contributed by atoms with E-state index in [-0.39, 0.29) is 28.5 Å². The summed E-state index contributed by atoms with van der Waals surface area (Å²) in [5.41, 5.74) is 4.18. The molecule has 1 aromatic heterocycles. The average Bonchev–Trinajstić information content (AvgIpc) is 3.37. The van der Waals surface area contributed by atoms with Crippen LogP contribution in [0.4, 0.5) is 17.6 Å². The van der Waals surface area contributed by atoms with Crippen molar-refractivity contribution in [3.8, 4) is 11.1 Å². The first-order chi connectivity index (χ1) is 17.0. The number of hydrogen-bond acceptors (Lipinski definition) is 2. The van der Waals surface area contributed by atoms with Crippen molar-refractivity contribution in [2.45, 2.75) is 70.9 Å². The molecule has 0 radical (unpaired) electrons. The van der Waals surface area contributed by atoms with Crippen LogP contribution in [0.25, 0.3) is 11.1 Å². The quantitative estimate of drug-likeness (QED) is 0.269. The molecule has 0 saturated heterocycles. The summed E-state index contributed by atoms with van der Waals surface area (Å²) in [6.45, 7) is 4.43. The number of rotatable bonds is 4. The molecule has 2 aliphatic rings. The SMILES string of the molecule is CC1(C)CCc2c(nc(C3CCCC3)c(C(=O)c3ccc(C(F)(F)F)cc3)c2-c2ccc(F)cc2)C1. The largest absolute Gasteiger partial charge is 0.416 e. The number of fused-ring (bicyclic) bond motifs is 1. The van der Waals surface area contributed by atoms with Crippen LogP contribution in [0, 0.1) is 11.2 Å². The first-order valence-electron chi connectivity index (χ1n) is 12.6. The van der Waals surface area contributed by atoms with Gasteiger partial charge in [-0.15, -0.1) is 0 Å². The Kier molecular flexibility index (Phi) is 6.26. The number of halogens is 4. The number of hydrogen-bond donors (Lipinski definition) is 0. The fourth-order valence-electron chi connectivity index (χ4n) is 5.73. The number of pyridine rings is 1. The molecule has 0 bridgehead atoms. The van der Waals surface area contributed by atoms with Crippen LogP contribution in [0.15, 0.2) is 48.5 Å². The Labute approximate surface area is 208 Å². The number of benzene rings is 2. The maximum Gasteiger partial charge on any atom is 0.416 e. The molecule has 0 aliphatic heterocycles. The molecular weight excluding hydrogens is 466 g/mol. The first-order valence-corrected chi connectivity index (χ1v) is 12.6. The summed E-state index contributed by atoms with van der Waals surface area (Å²) >= 11 is 0. The van der Waals surface area contributed by atoms with Gasteiger partial charge in [0.15, 0.2) is 5.78 Å². The second-order valence-corrected chi connectivity index (χ2v) is 10.9. The van der Waals surface area contributed by atoms with Crippen LogP contribution >= 0.6 is 0 Å². The van der Waals surface area contributed by atoms with Crippen molar-refractivity contribution in [3.63, 3.8) is 0 Å². The summed E-state index contributed by atoms with van der Waals surface area (Å²) in [4.78, 5) is 19.2. The normalized spacial score (nSPS) is 17.7. The smallest absolute Gasteiger partial charge is 0.289 e. The number of alkyl halides is 3. The van der Waals surface area contributed by atoms with Gasteiger partial charge in [-0.1, -0.05) is 51.0 Å². The molecule has 0 amide bonds. The van der Waals surface area contributed by atoms with Gasteiger partial charge in [-0.3, -0.25) is 9.78 Å². The second kappa shape index (κ2) is 9.13. The van der Waals surface area contributed by atoms with Gasteiger partial charge in [0.05, 0.1) is 16.8 Å². The Morgan fingerprint density at radius 1 is 0.972 bits per heavy atom. The van der Waals surface area contributed by atoms with Crippen LogP contribution in [0.3, 0.4) is 0 Å². The van der Waals surface area contributed by atoms with Gasteiger partial charge in [-0.05, 0) is 78.5 Å². The topological polar surface area (TPSA) is 30.0 Å². The minimum atomic E-state index is -4.48. The Bertz CT molecular complexity index is 1280. The monoisotopic (exact) mass is 495 g/mol. The van der Waals surface area contributed by atoms with E-state index in [9.17, 15) is 22.4 Å². The number of nitrogens with zero attached hydrogens (tertiary/aromatic N) is 1. The van der Waals surface area contributed by atoms with Gasteiger partial charge >= 0.3 is 6.18 Å². The molecule has 5 rings (SSSR count). The summed E-state index contributed by atoms with van der Waals surface area (Å²) in [6.07, 6.45) is 1.91. The highest BCUT2D eigenvalue weighted by Gasteiger charge is 2.36. The minimum Gasteiger partial charge on any atom is -0.289 e. The fraction of sp³-hybridized carbons (Fsp3) is 0.400. The van der Waals surface area contributed by atoms with Crippen molar-refractivity contribution in [2.24, 2.45) is 5.41 Å². The van der Waals surface area contributed by atoms with Gasteiger partial charge in [-0.25, -0.2) is 4.39 Å². The molecule has 1 saturated carbocycles. The van der Waals surface area contributed by atoms with Gasteiger partial charge in [0, 0.05) is 17.2 Å². The number of aromatic nitrogens is 1. The van der Waals surface area contributed by atoms with Gasteiger partial charge in [0.2, 0.25) is 0 Å². The third-order valence-corrected chi connectivity index (χ3v) is 7.69. The highest BCUT2D eigenvalue weighted by molar-refractivity contribution is 6.14. The van der Waals surface area contributed by atoms with Crippen LogP contribution in [0.2, 0.25) is 0 Å². The van der Waals surface area contributed by atoms with Crippen molar-refractivity contribution in [2.75, 3.05) is 0 Å². The highest BCUT2D eigenvalue weighted by Crippen LogP contribution is 2.45. The molecule has 6 heteroatoms. The Hall–Kier alpha value is -3.02. The van der Waals surface area contributed by atoms with Crippen molar-refractivity contribution in [3.05, 3.63) is 88.0 Å². The molecule has 0 N–H and O–H groups in total. The molecule has 0 spiro atoms. The maximum atomic E-state index is 14.1. The molecule has 0 atom stereocenters. The fourth-order valence-corrected chi connectivity index (χ4v) is 5.73. The lowest BCUT2D eigenvalue weighted by molar-refractivity contribution is -0.137. The minimum absolute atomic E-state index is 0.0754. The van der Waals surface area contributed by atoms with Crippen molar-refractivity contribution in [1.29, 1.82) is 0 Å². The summed E-state index contributed by atoms with van der Waals surface area (Å²) in [5.74, 6) is -0.576. The van der Waals surface area contributed by atoms with E-state index in [0.29, 0.717) is 5.56 Å². The molecule has 1 heterocycles. The van der Waals surface area contributed by atoms with Crippen LogP contribution in [-0.4, -0.2) is 10.8 Å². The van der Waals surface area contributed by atoms with E-state index in [1.54, 1.807) is 12.1 Å². The first kappa shape index (κ1) is 24.7. The second-order valence-electron chi connectivity index (χ2n) is 10.9. The number of carbonyl (C=O) groups excluding carboxylic acids is 1. The van der Waals surface area contributed by atoms with E-state index in [1.807, 2.05) is 0 Å². The summed E-state index contributed by atoms with van der Waals surface area (Å²) in [6, 6.07) is 10.6. The molecule has 36 heavy (non-hydrogen) atoms. The van der Waals surface area contributed by atoms with Crippen molar-refractivity contribution >= 4 is 5.78 Å². The van der Waals surface area contributed by atoms with E-state index in [2.05, 4.69) is 13.8 Å². The van der Waals surface area contributed by atoms with Crippen LogP contribution < -0.4 is 0 Å². The standard InChI is InChI=1S/C30H29F4NO/c1-29(2)16-15-23-24(17-29)35-27(19-5-3-4-6-19)26(25(23)18-9-13-22(31)14-10-18)28(36)20-7-11-21(12-8-20)30(32,33)34/h7-14,19H,3-6,15-17H2,1-2H3. The highest BCUT2D eigenvalue weighted by atomic mass is 19.4.